The van der Waals surface area contributed by atoms with Crippen LogP contribution in [0.4, 0.5) is 0 Å². The third-order valence-corrected chi connectivity index (χ3v) is 3.72. The number of halogens is 1. The van der Waals surface area contributed by atoms with Gasteiger partial charge >= 0.3 is 0 Å². The van der Waals surface area contributed by atoms with Crippen LogP contribution >= 0.6 is 11.6 Å². The second kappa shape index (κ2) is 6.76. The summed E-state index contributed by atoms with van der Waals surface area (Å²) in [7, 11) is 1.58. The zero-order valence-electron chi connectivity index (χ0n) is 12.5. The molecule has 0 aliphatic heterocycles. The summed E-state index contributed by atoms with van der Waals surface area (Å²) < 4.78 is 6.54. The Morgan fingerprint density at radius 2 is 2.17 bits per heavy atom. The number of methoxy groups -OCH3 is 1. The Labute approximate surface area is 138 Å². The Bertz CT molecular complexity index is 847. The minimum Gasteiger partial charge on any atom is -0.383 e. The zero-order valence-corrected chi connectivity index (χ0v) is 13.2. The van der Waals surface area contributed by atoms with Crippen LogP contribution in [0.5, 0.6) is 0 Å². The van der Waals surface area contributed by atoms with Gasteiger partial charge in [0, 0.05) is 30.4 Å². The van der Waals surface area contributed by atoms with Crippen LogP contribution in [-0.2, 0) is 4.74 Å². The van der Waals surface area contributed by atoms with Crippen LogP contribution in [0.2, 0.25) is 5.02 Å². The van der Waals surface area contributed by atoms with Crippen molar-refractivity contribution in [2.24, 2.45) is 0 Å². The summed E-state index contributed by atoms with van der Waals surface area (Å²) in [4.78, 5) is 16.5. The Morgan fingerprint density at radius 3 is 2.96 bits per heavy atom. The van der Waals surface area contributed by atoms with E-state index in [0.29, 0.717) is 29.4 Å². The van der Waals surface area contributed by atoms with Gasteiger partial charge in [0.2, 0.25) is 0 Å². The molecule has 7 heteroatoms. The molecule has 0 radical (unpaired) electrons. The number of hydrogen-bond donors (Lipinski definition) is 1. The summed E-state index contributed by atoms with van der Waals surface area (Å²) >= 11 is 6.26. The third kappa shape index (κ3) is 3.04. The molecular weight excluding hydrogens is 316 g/mol. The highest BCUT2D eigenvalue weighted by Gasteiger charge is 2.16. The molecule has 0 unspecified atom stereocenters. The van der Waals surface area contributed by atoms with E-state index in [0.717, 1.165) is 11.3 Å². The SMILES string of the molecule is COCCNC(=O)c1cnn2c(-c3ccccc3Cl)ccnc12. The van der Waals surface area contributed by atoms with Gasteiger partial charge in [-0.15, -0.1) is 0 Å². The first-order chi connectivity index (χ1) is 11.2. The van der Waals surface area contributed by atoms with E-state index in [1.54, 1.807) is 17.8 Å². The van der Waals surface area contributed by atoms with Gasteiger partial charge < -0.3 is 10.1 Å². The fraction of sp³-hybridized carbons (Fsp3) is 0.188. The van der Waals surface area contributed by atoms with Crippen LogP contribution in [-0.4, -0.2) is 40.8 Å². The van der Waals surface area contributed by atoms with E-state index in [9.17, 15) is 4.79 Å². The summed E-state index contributed by atoms with van der Waals surface area (Å²) in [6.07, 6.45) is 3.15. The van der Waals surface area contributed by atoms with Crippen molar-refractivity contribution in [2.75, 3.05) is 20.3 Å². The van der Waals surface area contributed by atoms with E-state index in [-0.39, 0.29) is 5.91 Å². The van der Waals surface area contributed by atoms with Crippen molar-refractivity contribution in [2.45, 2.75) is 0 Å². The van der Waals surface area contributed by atoms with Crippen LogP contribution < -0.4 is 5.32 Å². The summed E-state index contributed by atoms with van der Waals surface area (Å²) in [5.41, 5.74) is 2.50. The minimum absolute atomic E-state index is 0.235. The van der Waals surface area contributed by atoms with Crippen molar-refractivity contribution in [1.82, 2.24) is 19.9 Å². The maximum Gasteiger partial charge on any atom is 0.256 e. The summed E-state index contributed by atoms with van der Waals surface area (Å²) in [5.74, 6) is -0.235. The molecule has 0 fully saturated rings. The summed E-state index contributed by atoms with van der Waals surface area (Å²) in [5, 5.41) is 7.67. The van der Waals surface area contributed by atoms with Gasteiger partial charge in [0.25, 0.3) is 5.91 Å². The molecule has 118 valence electrons. The molecule has 1 amide bonds. The van der Waals surface area contributed by atoms with Gasteiger partial charge in [0.1, 0.15) is 5.56 Å². The number of rotatable bonds is 5. The fourth-order valence-corrected chi connectivity index (χ4v) is 2.52. The molecular formula is C16H15ClN4O2. The average molecular weight is 331 g/mol. The lowest BCUT2D eigenvalue weighted by molar-refractivity contribution is 0.0938. The second-order valence-electron chi connectivity index (χ2n) is 4.85. The standard InChI is InChI=1S/C16H15ClN4O2/c1-23-9-8-19-16(22)12-10-20-21-14(6-7-18-15(12)21)11-4-2-3-5-13(11)17/h2-7,10H,8-9H2,1H3,(H,19,22). The predicted octanol–water partition coefficient (Wildman–Crippen LogP) is 2.43. The van der Waals surface area contributed by atoms with Gasteiger partial charge in [0.15, 0.2) is 5.65 Å². The molecule has 0 saturated heterocycles. The number of nitrogens with one attached hydrogen (secondary N) is 1. The first kappa shape index (κ1) is 15.5. The Kier molecular flexibility index (Phi) is 4.55. The molecule has 0 aliphatic rings. The molecule has 1 aromatic carbocycles. The molecule has 0 bridgehead atoms. The molecule has 0 spiro atoms. The number of hydrogen-bond acceptors (Lipinski definition) is 4. The number of ether oxygens (including phenoxy) is 1. The number of nitrogens with zero attached hydrogens (tertiary/aromatic N) is 3. The normalized spacial score (nSPS) is 10.9. The van der Waals surface area contributed by atoms with E-state index < -0.39 is 0 Å². The minimum atomic E-state index is -0.235. The topological polar surface area (TPSA) is 68.5 Å². The van der Waals surface area contributed by atoms with Gasteiger partial charge in [-0.3, -0.25) is 4.79 Å². The van der Waals surface area contributed by atoms with E-state index in [4.69, 9.17) is 16.3 Å². The van der Waals surface area contributed by atoms with Crippen LogP contribution in [0.3, 0.4) is 0 Å². The highest BCUT2D eigenvalue weighted by molar-refractivity contribution is 6.33. The van der Waals surface area contributed by atoms with E-state index >= 15 is 0 Å². The van der Waals surface area contributed by atoms with Crippen molar-refractivity contribution in [3.63, 3.8) is 0 Å². The van der Waals surface area contributed by atoms with Gasteiger partial charge in [-0.25, -0.2) is 9.50 Å². The molecule has 0 saturated carbocycles. The molecule has 3 aromatic rings. The number of fused-ring (bicyclic) bond motifs is 1. The lowest BCUT2D eigenvalue weighted by atomic mass is 10.1. The number of carbonyl (C=O) groups excluding carboxylic acids is 1. The zero-order chi connectivity index (χ0) is 16.2. The van der Waals surface area contributed by atoms with Crippen LogP contribution in [0.1, 0.15) is 10.4 Å². The largest absolute Gasteiger partial charge is 0.383 e. The van der Waals surface area contributed by atoms with Crippen molar-refractivity contribution < 1.29 is 9.53 Å². The molecule has 23 heavy (non-hydrogen) atoms. The average Bonchev–Trinajstić information content (AvgIpc) is 3.00. The Morgan fingerprint density at radius 1 is 1.35 bits per heavy atom. The molecule has 0 aliphatic carbocycles. The summed E-state index contributed by atoms with van der Waals surface area (Å²) in [6, 6.07) is 9.29. The number of carbonyl (C=O) groups is 1. The molecule has 1 N–H and O–H groups in total. The Balaban J connectivity index is 2.01. The molecule has 2 heterocycles. The molecule has 3 rings (SSSR count). The van der Waals surface area contributed by atoms with E-state index in [2.05, 4.69) is 15.4 Å². The Hall–Kier alpha value is -2.44. The number of benzene rings is 1. The van der Waals surface area contributed by atoms with Crippen molar-refractivity contribution in [3.8, 4) is 11.3 Å². The monoisotopic (exact) mass is 330 g/mol. The van der Waals surface area contributed by atoms with Crippen LogP contribution in [0.15, 0.2) is 42.7 Å². The van der Waals surface area contributed by atoms with Crippen molar-refractivity contribution in [3.05, 3.63) is 53.3 Å². The first-order valence-corrected chi connectivity index (χ1v) is 7.45. The molecule has 6 nitrogen and oxygen atoms in total. The smallest absolute Gasteiger partial charge is 0.256 e. The highest BCUT2D eigenvalue weighted by Crippen LogP contribution is 2.27. The quantitative estimate of drug-likeness (QED) is 0.729. The van der Waals surface area contributed by atoms with Crippen molar-refractivity contribution >= 4 is 23.2 Å². The lowest BCUT2D eigenvalue weighted by Gasteiger charge is -2.07. The highest BCUT2D eigenvalue weighted by atomic mass is 35.5. The molecule has 2 aromatic heterocycles. The maximum atomic E-state index is 12.2. The predicted molar refractivity (Wildman–Crippen MR) is 87.6 cm³/mol. The van der Waals surface area contributed by atoms with E-state index in [1.807, 2.05) is 30.3 Å². The van der Waals surface area contributed by atoms with Gasteiger partial charge in [0.05, 0.1) is 18.5 Å². The van der Waals surface area contributed by atoms with Crippen LogP contribution in [0.25, 0.3) is 16.9 Å². The van der Waals surface area contributed by atoms with Gasteiger partial charge in [-0.2, -0.15) is 5.10 Å². The maximum absolute atomic E-state index is 12.2. The first-order valence-electron chi connectivity index (χ1n) is 7.07. The van der Waals surface area contributed by atoms with Crippen molar-refractivity contribution in [1.29, 1.82) is 0 Å². The number of aromatic nitrogens is 3. The fourth-order valence-electron chi connectivity index (χ4n) is 2.29. The third-order valence-electron chi connectivity index (χ3n) is 3.39. The molecule has 0 atom stereocenters. The summed E-state index contributed by atoms with van der Waals surface area (Å²) in [6.45, 7) is 0.875. The van der Waals surface area contributed by atoms with Gasteiger partial charge in [-0.1, -0.05) is 29.8 Å². The van der Waals surface area contributed by atoms with Crippen LogP contribution in [0, 0.1) is 0 Å². The van der Waals surface area contributed by atoms with Gasteiger partial charge in [-0.05, 0) is 12.1 Å². The second-order valence-corrected chi connectivity index (χ2v) is 5.26. The van der Waals surface area contributed by atoms with E-state index in [1.165, 1.54) is 6.20 Å². The lowest BCUT2D eigenvalue weighted by Crippen LogP contribution is -2.26. The number of amides is 1.